The second-order valence-electron chi connectivity index (χ2n) is 5.25. The lowest BCUT2D eigenvalue weighted by Gasteiger charge is -2.13. The van der Waals surface area contributed by atoms with Crippen LogP contribution in [0.1, 0.15) is 30.1 Å². The van der Waals surface area contributed by atoms with E-state index in [0.717, 1.165) is 12.8 Å². The molecule has 7 heteroatoms. The Morgan fingerprint density at radius 1 is 1.43 bits per heavy atom. The Labute approximate surface area is 124 Å². The van der Waals surface area contributed by atoms with E-state index < -0.39 is 10.0 Å². The topological polar surface area (TPSA) is 84.5 Å². The predicted molar refractivity (Wildman–Crippen MR) is 78.6 cm³/mol. The number of sulfonamides is 1. The summed E-state index contributed by atoms with van der Waals surface area (Å²) in [7, 11) is -1.99. The van der Waals surface area contributed by atoms with E-state index in [4.69, 9.17) is 4.74 Å². The van der Waals surface area contributed by atoms with Crippen LogP contribution in [-0.2, 0) is 14.8 Å². The molecule has 0 bridgehead atoms. The predicted octanol–water partition coefficient (Wildman–Crippen LogP) is 0.892. The molecule has 1 fully saturated rings. The van der Waals surface area contributed by atoms with Gasteiger partial charge in [0.25, 0.3) is 5.91 Å². The van der Waals surface area contributed by atoms with E-state index in [2.05, 4.69) is 10.0 Å². The van der Waals surface area contributed by atoms with Crippen LogP contribution in [0.15, 0.2) is 29.2 Å². The van der Waals surface area contributed by atoms with Crippen LogP contribution in [-0.4, -0.2) is 40.1 Å². The summed E-state index contributed by atoms with van der Waals surface area (Å²) in [6.07, 6.45) is 1.74. The molecule has 0 heterocycles. The highest BCUT2D eigenvalue weighted by atomic mass is 32.2. The molecule has 0 radical (unpaired) electrons. The fraction of sp³-hybridized carbons (Fsp3) is 0.500. The van der Waals surface area contributed by atoms with Crippen molar-refractivity contribution in [3.8, 4) is 0 Å². The van der Waals surface area contributed by atoms with Crippen LogP contribution in [0.2, 0.25) is 0 Å². The van der Waals surface area contributed by atoms with Gasteiger partial charge in [0, 0.05) is 24.8 Å². The third-order valence-corrected chi connectivity index (χ3v) is 4.62. The molecular formula is C14H20N2O4S. The number of benzene rings is 1. The van der Waals surface area contributed by atoms with Crippen LogP contribution in [0, 0.1) is 0 Å². The molecule has 2 N–H and O–H groups in total. The Kier molecular flexibility index (Phi) is 4.97. The van der Waals surface area contributed by atoms with Gasteiger partial charge in [-0.05, 0) is 38.0 Å². The number of carbonyl (C=O) groups excluding carboxylic acids is 1. The van der Waals surface area contributed by atoms with E-state index in [1.54, 1.807) is 19.2 Å². The summed E-state index contributed by atoms with van der Waals surface area (Å²) in [6, 6.07) is 5.92. The number of nitrogens with one attached hydrogen (secondary N) is 2. The van der Waals surface area contributed by atoms with Crippen molar-refractivity contribution in [2.75, 3.05) is 13.7 Å². The molecular weight excluding hydrogens is 292 g/mol. The van der Waals surface area contributed by atoms with Crippen molar-refractivity contribution < 1.29 is 17.9 Å². The highest BCUT2D eigenvalue weighted by Gasteiger charge is 2.28. The van der Waals surface area contributed by atoms with E-state index in [0.29, 0.717) is 12.2 Å². The van der Waals surface area contributed by atoms with Crippen LogP contribution in [0.5, 0.6) is 0 Å². The van der Waals surface area contributed by atoms with Crippen molar-refractivity contribution in [3.05, 3.63) is 29.8 Å². The Hall–Kier alpha value is -1.44. The number of amides is 1. The number of hydrogen-bond acceptors (Lipinski definition) is 4. The Balaban J connectivity index is 2.11. The van der Waals surface area contributed by atoms with Crippen molar-refractivity contribution in [3.63, 3.8) is 0 Å². The molecule has 1 atom stereocenters. The van der Waals surface area contributed by atoms with Gasteiger partial charge < -0.3 is 10.1 Å². The summed E-state index contributed by atoms with van der Waals surface area (Å²) in [5, 5.41) is 2.75. The second kappa shape index (κ2) is 6.55. The largest absolute Gasteiger partial charge is 0.383 e. The summed E-state index contributed by atoms with van der Waals surface area (Å²) in [5.41, 5.74) is 0.316. The second-order valence-corrected chi connectivity index (χ2v) is 6.97. The van der Waals surface area contributed by atoms with E-state index in [9.17, 15) is 13.2 Å². The summed E-state index contributed by atoms with van der Waals surface area (Å²) in [5.74, 6) is -0.317. The lowest BCUT2D eigenvalue weighted by molar-refractivity contribution is 0.0905. The minimum Gasteiger partial charge on any atom is -0.383 e. The fourth-order valence-electron chi connectivity index (χ4n) is 1.89. The smallest absolute Gasteiger partial charge is 0.251 e. The molecule has 1 aliphatic rings. The summed E-state index contributed by atoms with van der Waals surface area (Å²) < 4.78 is 31.8. The van der Waals surface area contributed by atoms with Crippen LogP contribution in [0.4, 0.5) is 0 Å². The minimum absolute atomic E-state index is 0.0363. The van der Waals surface area contributed by atoms with Crippen molar-refractivity contribution in [2.24, 2.45) is 0 Å². The quantitative estimate of drug-likeness (QED) is 0.783. The van der Waals surface area contributed by atoms with Crippen LogP contribution >= 0.6 is 0 Å². The highest BCUT2D eigenvalue weighted by molar-refractivity contribution is 7.89. The summed E-state index contributed by atoms with van der Waals surface area (Å²) in [6.45, 7) is 2.21. The third kappa shape index (κ3) is 4.52. The molecule has 1 aliphatic carbocycles. The Morgan fingerprint density at radius 2 is 2.14 bits per heavy atom. The standard InChI is InChI=1S/C14H20N2O4S/c1-10(9-20-2)15-14(17)11-4-3-5-13(8-11)21(18,19)16-12-6-7-12/h3-5,8,10,12,16H,6-7,9H2,1-2H3,(H,15,17). The average Bonchev–Trinajstić information content (AvgIpc) is 3.22. The number of rotatable bonds is 7. The zero-order valence-corrected chi connectivity index (χ0v) is 12.9. The first-order valence-corrected chi connectivity index (χ1v) is 8.33. The molecule has 0 aromatic heterocycles. The van der Waals surface area contributed by atoms with Gasteiger partial charge in [0.15, 0.2) is 0 Å². The summed E-state index contributed by atoms with van der Waals surface area (Å²) >= 11 is 0. The normalized spacial score (nSPS) is 16.5. The monoisotopic (exact) mass is 312 g/mol. The van der Waals surface area contributed by atoms with E-state index in [-0.39, 0.29) is 22.9 Å². The number of hydrogen-bond donors (Lipinski definition) is 2. The van der Waals surface area contributed by atoms with Gasteiger partial charge in [-0.2, -0.15) is 0 Å². The van der Waals surface area contributed by atoms with E-state index >= 15 is 0 Å². The van der Waals surface area contributed by atoms with Gasteiger partial charge >= 0.3 is 0 Å². The van der Waals surface area contributed by atoms with Crippen molar-refractivity contribution in [1.29, 1.82) is 0 Å². The maximum absolute atomic E-state index is 12.1. The van der Waals surface area contributed by atoms with Crippen molar-refractivity contribution in [2.45, 2.75) is 36.7 Å². The highest BCUT2D eigenvalue weighted by Crippen LogP contribution is 2.22. The number of methoxy groups -OCH3 is 1. The molecule has 1 aromatic rings. The van der Waals surface area contributed by atoms with Crippen molar-refractivity contribution in [1.82, 2.24) is 10.0 Å². The molecule has 1 saturated carbocycles. The van der Waals surface area contributed by atoms with Crippen LogP contribution in [0.25, 0.3) is 0 Å². The van der Waals surface area contributed by atoms with Gasteiger partial charge in [0.2, 0.25) is 10.0 Å². The Morgan fingerprint density at radius 3 is 2.76 bits per heavy atom. The van der Waals surface area contributed by atoms with Crippen LogP contribution < -0.4 is 10.0 Å². The van der Waals surface area contributed by atoms with Gasteiger partial charge in [-0.25, -0.2) is 13.1 Å². The Bertz CT molecular complexity index is 611. The molecule has 0 aliphatic heterocycles. The van der Waals surface area contributed by atoms with Gasteiger partial charge in [-0.3, -0.25) is 4.79 Å². The van der Waals surface area contributed by atoms with Gasteiger partial charge in [-0.1, -0.05) is 6.07 Å². The van der Waals surface area contributed by atoms with Crippen LogP contribution in [0.3, 0.4) is 0 Å². The zero-order chi connectivity index (χ0) is 15.5. The average molecular weight is 312 g/mol. The van der Waals surface area contributed by atoms with Gasteiger partial charge in [0.05, 0.1) is 11.5 Å². The molecule has 2 rings (SSSR count). The molecule has 1 amide bonds. The first-order chi connectivity index (χ1) is 9.92. The lowest BCUT2D eigenvalue weighted by atomic mass is 10.2. The number of ether oxygens (including phenoxy) is 1. The maximum atomic E-state index is 12.1. The zero-order valence-electron chi connectivity index (χ0n) is 12.1. The van der Waals surface area contributed by atoms with E-state index in [1.807, 2.05) is 6.92 Å². The molecule has 21 heavy (non-hydrogen) atoms. The first-order valence-electron chi connectivity index (χ1n) is 6.84. The molecule has 6 nitrogen and oxygen atoms in total. The molecule has 1 aromatic carbocycles. The fourth-order valence-corrected chi connectivity index (χ4v) is 3.24. The maximum Gasteiger partial charge on any atom is 0.251 e. The molecule has 116 valence electrons. The third-order valence-electron chi connectivity index (χ3n) is 3.10. The molecule has 1 unspecified atom stereocenters. The van der Waals surface area contributed by atoms with E-state index in [1.165, 1.54) is 12.1 Å². The van der Waals surface area contributed by atoms with Gasteiger partial charge in [-0.15, -0.1) is 0 Å². The molecule has 0 saturated heterocycles. The minimum atomic E-state index is -3.55. The lowest BCUT2D eigenvalue weighted by Crippen LogP contribution is -2.35. The first kappa shape index (κ1) is 15.9. The van der Waals surface area contributed by atoms with Gasteiger partial charge in [0.1, 0.15) is 0 Å². The summed E-state index contributed by atoms with van der Waals surface area (Å²) in [4.78, 5) is 12.2. The van der Waals surface area contributed by atoms with Crippen molar-refractivity contribution >= 4 is 15.9 Å². The SMILES string of the molecule is COCC(C)NC(=O)c1cccc(S(=O)(=O)NC2CC2)c1. The number of carbonyl (C=O) groups is 1. The molecule has 0 spiro atoms.